The van der Waals surface area contributed by atoms with Crippen LogP contribution in [0.4, 0.5) is 10.1 Å². The highest BCUT2D eigenvalue weighted by molar-refractivity contribution is 7.89. The number of sulfonamides is 1. The van der Waals surface area contributed by atoms with E-state index in [0.717, 1.165) is 9.87 Å². The summed E-state index contributed by atoms with van der Waals surface area (Å²) in [6.45, 7) is 4.07. The van der Waals surface area contributed by atoms with Crippen molar-refractivity contribution < 1.29 is 22.3 Å². The summed E-state index contributed by atoms with van der Waals surface area (Å²) in [6.07, 6.45) is 0. The number of nitrogens with zero attached hydrogens (tertiary/aromatic N) is 2. The lowest BCUT2D eigenvalue weighted by molar-refractivity contribution is 0.0938. The van der Waals surface area contributed by atoms with Gasteiger partial charge in [-0.05, 0) is 42.8 Å². The summed E-state index contributed by atoms with van der Waals surface area (Å²) in [5, 5.41) is 2.89. The van der Waals surface area contributed by atoms with Gasteiger partial charge in [0, 0.05) is 32.9 Å². The average Bonchev–Trinajstić information content (AvgIpc) is 2.74. The number of hydrogen-bond acceptors (Lipinski definition) is 5. The number of amides is 1. The molecule has 1 aliphatic rings. The first kappa shape index (κ1) is 22.2. The van der Waals surface area contributed by atoms with Gasteiger partial charge in [-0.15, -0.1) is 0 Å². The van der Waals surface area contributed by atoms with Crippen LogP contribution in [0, 0.1) is 5.82 Å². The molecule has 0 saturated carbocycles. The minimum Gasteiger partial charge on any atom is -0.378 e. The van der Waals surface area contributed by atoms with Gasteiger partial charge in [0.25, 0.3) is 5.91 Å². The zero-order chi connectivity index (χ0) is 21.9. The minimum absolute atomic E-state index is 0.0455. The quantitative estimate of drug-likeness (QED) is 0.754. The first-order valence-electron chi connectivity index (χ1n) is 9.66. The van der Waals surface area contributed by atoms with Crippen LogP contribution < -0.4 is 10.2 Å². The van der Waals surface area contributed by atoms with Crippen molar-refractivity contribution in [1.29, 1.82) is 0 Å². The van der Waals surface area contributed by atoms with Crippen LogP contribution >= 0.6 is 0 Å². The van der Waals surface area contributed by atoms with Gasteiger partial charge < -0.3 is 15.0 Å². The van der Waals surface area contributed by atoms with E-state index in [1.165, 1.54) is 38.4 Å². The number of anilines is 1. The molecular weight excluding hydrogens is 409 g/mol. The van der Waals surface area contributed by atoms with Gasteiger partial charge in [-0.2, -0.15) is 0 Å². The molecule has 0 aliphatic carbocycles. The van der Waals surface area contributed by atoms with Gasteiger partial charge in [0.2, 0.25) is 10.0 Å². The molecule has 0 bridgehead atoms. The van der Waals surface area contributed by atoms with Gasteiger partial charge in [-0.25, -0.2) is 17.1 Å². The van der Waals surface area contributed by atoms with Gasteiger partial charge in [0.15, 0.2) is 0 Å². The Morgan fingerprint density at radius 1 is 1.13 bits per heavy atom. The maximum atomic E-state index is 13.2. The van der Waals surface area contributed by atoms with E-state index in [9.17, 15) is 17.6 Å². The third-order valence-electron chi connectivity index (χ3n) is 5.06. The summed E-state index contributed by atoms with van der Waals surface area (Å²) in [6, 6.07) is 10.1. The van der Waals surface area contributed by atoms with E-state index in [-0.39, 0.29) is 22.3 Å². The highest BCUT2D eigenvalue weighted by Crippen LogP contribution is 2.27. The second-order valence-corrected chi connectivity index (χ2v) is 9.46. The zero-order valence-corrected chi connectivity index (χ0v) is 18.1. The summed E-state index contributed by atoms with van der Waals surface area (Å²) < 4.78 is 44.9. The number of nitrogens with one attached hydrogen (secondary N) is 1. The molecule has 9 heteroatoms. The Morgan fingerprint density at radius 3 is 2.37 bits per heavy atom. The van der Waals surface area contributed by atoms with Crippen LogP contribution in [0.2, 0.25) is 0 Å². The van der Waals surface area contributed by atoms with Crippen molar-refractivity contribution in [2.45, 2.75) is 17.9 Å². The molecule has 3 rings (SSSR count). The fourth-order valence-electron chi connectivity index (χ4n) is 3.26. The zero-order valence-electron chi connectivity index (χ0n) is 17.3. The SMILES string of the molecule is C[C@H](NC(=O)c1cc(S(=O)(=O)N(C)C)ccc1N1CCOCC1)c1ccc(F)cc1. The van der Waals surface area contributed by atoms with Crippen LogP contribution in [0.3, 0.4) is 0 Å². The van der Waals surface area contributed by atoms with Crippen molar-refractivity contribution in [1.82, 2.24) is 9.62 Å². The normalized spacial score (nSPS) is 15.8. The van der Waals surface area contributed by atoms with Crippen LogP contribution in [0.1, 0.15) is 28.9 Å². The van der Waals surface area contributed by atoms with Crippen molar-refractivity contribution in [2.24, 2.45) is 0 Å². The summed E-state index contributed by atoms with van der Waals surface area (Å²) >= 11 is 0. The number of morpholine rings is 1. The fourth-order valence-corrected chi connectivity index (χ4v) is 4.19. The molecule has 1 heterocycles. The molecule has 7 nitrogen and oxygen atoms in total. The van der Waals surface area contributed by atoms with Crippen LogP contribution in [0.15, 0.2) is 47.4 Å². The number of carbonyl (C=O) groups excluding carboxylic acids is 1. The topological polar surface area (TPSA) is 79.0 Å². The molecule has 0 spiro atoms. The van der Waals surface area contributed by atoms with E-state index >= 15 is 0 Å². The second-order valence-electron chi connectivity index (χ2n) is 7.31. The third kappa shape index (κ3) is 4.80. The number of ether oxygens (including phenoxy) is 1. The summed E-state index contributed by atoms with van der Waals surface area (Å²) in [4.78, 5) is 15.2. The predicted octanol–water partition coefficient (Wildman–Crippen LogP) is 2.40. The Labute approximate surface area is 176 Å². The predicted molar refractivity (Wildman–Crippen MR) is 113 cm³/mol. The largest absolute Gasteiger partial charge is 0.378 e. The van der Waals surface area contributed by atoms with Gasteiger partial charge in [0.1, 0.15) is 5.82 Å². The number of rotatable bonds is 6. The summed E-state index contributed by atoms with van der Waals surface area (Å²) in [7, 11) is -0.805. The van der Waals surface area contributed by atoms with Crippen molar-refractivity contribution in [2.75, 3.05) is 45.3 Å². The Bertz CT molecular complexity index is 1000. The number of halogens is 1. The Hall–Kier alpha value is -2.49. The minimum atomic E-state index is -3.70. The molecule has 2 aromatic carbocycles. The van der Waals surface area contributed by atoms with Gasteiger partial charge >= 0.3 is 0 Å². The number of hydrogen-bond donors (Lipinski definition) is 1. The van der Waals surface area contributed by atoms with Crippen LogP contribution in [-0.2, 0) is 14.8 Å². The molecule has 0 unspecified atom stereocenters. The van der Waals surface area contributed by atoms with Crippen molar-refractivity contribution >= 4 is 21.6 Å². The molecule has 0 radical (unpaired) electrons. The lowest BCUT2D eigenvalue weighted by Gasteiger charge is -2.31. The van der Waals surface area contributed by atoms with Crippen molar-refractivity contribution in [3.8, 4) is 0 Å². The maximum Gasteiger partial charge on any atom is 0.253 e. The van der Waals surface area contributed by atoms with Crippen LogP contribution in [0.25, 0.3) is 0 Å². The van der Waals surface area contributed by atoms with Crippen molar-refractivity contribution in [3.63, 3.8) is 0 Å². The molecule has 0 aromatic heterocycles. The first-order chi connectivity index (χ1) is 14.2. The molecule has 1 amide bonds. The van der Waals surface area contributed by atoms with E-state index in [0.29, 0.717) is 32.0 Å². The molecule has 1 saturated heterocycles. The smallest absolute Gasteiger partial charge is 0.253 e. The molecule has 30 heavy (non-hydrogen) atoms. The molecule has 1 aliphatic heterocycles. The van der Waals surface area contributed by atoms with Crippen molar-refractivity contribution in [3.05, 3.63) is 59.4 Å². The summed E-state index contributed by atoms with van der Waals surface area (Å²) in [5.41, 5.74) is 1.67. The third-order valence-corrected chi connectivity index (χ3v) is 6.87. The first-order valence-corrected chi connectivity index (χ1v) is 11.1. The van der Waals surface area contributed by atoms with E-state index < -0.39 is 15.9 Å². The number of benzene rings is 2. The molecule has 1 fully saturated rings. The van der Waals surface area contributed by atoms with E-state index in [1.807, 2.05) is 4.90 Å². The Kier molecular flexibility index (Phi) is 6.74. The average molecular weight is 436 g/mol. The lowest BCUT2D eigenvalue weighted by Crippen LogP contribution is -2.38. The van der Waals surface area contributed by atoms with E-state index in [2.05, 4.69) is 5.32 Å². The van der Waals surface area contributed by atoms with Gasteiger partial charge in [-0.3, -0.25) is 4.79 Å². The molecule has 2 aromatic rings. The second kappa shape index (κ2) is 9.11. The lowest BCUT2D eigenvalue weighted by atomic mass is 10.1. The standard InChI is InChI=1S/C21H26FN3O4S/c1-15(16-4-6-17(22)7-5-16)23-21(26)19-14-18(30(27,28)24(2)3)8-9-20(19)25-10-12-29-13-11-25/h4-9,14-15H,10-13H2,1-3H3,(H,23,26)/t15-/m0/s1. The fraction of sp³-hybridized carbons (Fsp3) is 0.381. The molecule has 1 N–H and O–H groups in total. The van der Waals surface area contributed by atoms with Crippen LogP contribution in [0.5, 0.6) is 0 Å². The van der Waals surface area contributed by atoms with Crippen LogP contribution in [-0.4, -0.2) is 59.0 Å². The molecular formula is C21H26FN3O4S. The number of carbonyl (C=O) groups is 1. The highest BCUT2D eigenvalue weighted by Gasteiger charge is 2.25. The van der Waals surface area contributed by atoms with Gasteiger partial charge in [0.05, 0.1) is 29.7 Å². The monoisotopic (exact) mass is 435 g/mol. The summed E-state index contributed by atoms with van der Waals surface area (Å²) in [5.74, 6) is -0.752. The van der Waals surface area contributed by atoms with Gasteiger partial charge in [-0.1, -0.05) is 12.1 Å². The highest BCUT2D eigenvalue weighted by atomic mass is 32.2. The van der Waals surface area contributed by atoms with E-state index in [1.54, 1.807) is 25.1 Å². The Balaban J connectivity index is 1.96. The molecule has 1 atom stereocenters. The Morgan fingerprint density at radius 2 is 1.77 bits per heavy atom. The maximum absolute atomic E-state index is 13.2. The van der Waals surface area contributed by atoms with E-state index in [4.69, 9.17) is 4.74 Å². The molecule has 162 valence electrons.